The molecule has 30 heavy (non-hydrogen) atoms. The van der Waals surface area contributed by atoms with Crippen molar-refractivity contribution in [2.45, 2.75) is 40.7 Å². The Hall–Kier alpha value is -3.15. The maximum Gasteiger partial charge on any atom is 0.262 e. The van der Waals surface area contributed by atoms with Crippen LogP contribution in [0.2, 0.25) is 0 Å². The molecule has 160 valence electrons. The third-order valence-electron chi connectivity index (χ3n) is 4.96. The van der Waals surface area contributed by atoms with Gasteiger partial charge >= 0.3 is 0 Å². The summed E-state index contributed by atoms with van der Waals surface area (Å²) in [6, 6.07) is 14.6. The van der Waals surface area contributed by atoms with Gasteiger partial charge in [-0.25, -0.2) is 5.43 Å². The zero-order valence-corrected chi connectivity index (χ0v) is 18.5. The normalized spacial score (nSPS) is 12.1. The summed E-state index contributed by atoms with van der Waals surface area (Å²) >= 11 is 0. The molecule has 0 fully saturated rings. The molecule has 2 amide bonds. The minimum absolute atomic E-state index is 0.0806. The molecule has 0 aromatic heterocycles. The Kier molecular flexibility index (Phi) is 8.59. The van der Waals surface area contributed by atoms with Gasteiger partial charge in [0.15, 0.2) is 0 Å². The number of aryl methyl sites for hydroxylation is 1. The second kappa shape index (κ2) is 11.1. The first-order chi connectivity index (χ1) is 14.3. The monoisotopic (exact) mass is 408 g/mol. The number of carbonyl (C=O) groups is 2. The number of benzene rings is 2. The Morgan fingerprint density at radius 2 is 1.60 bits per heavy atom. The summed E-state index contributed by atoms with van der Waals surface area (Å²) in [4.78, 5) is 27.3. The summed E-state index contributed by atoms with van der Waals surface area (Å²) in [6.45, 7) is 11.9. The quantitative estimate of drug-likeness (QED) is 0.490. The van der Waals surface area contributed by atoms with Crippen molar-refractivity contribution in [1.29, 1.82) is 0 Å². The van der Waals surface area contributed by atoms with E-state index in [-0.39, 0.29) is 17.7 Å². The fraction of sp³-hybridized carbons (Fsp3) is 0.375. The standard InChI is InChI=1S/C24H32N4O2/c1-6-28(7-2)21-14-10-19(11-15-21)16-25-27-24(30)22(17(3)4)26-23(29)20-12-8-18(5)9-13-20/h8-17,22H,6-7H2,1-5H3,(H,26,29)(H,27,30)/b25-16+. The van der Waals surface area contributed by atoms with Crippen LogP contribution >= 0.6 is 0 Å². The molecule has 0 spiro atoms. The maximum atomic E-state index is 12.6. The number of nitrogens with zero attached hydrogens (tertiary/aromatic N) is 2. The Bertz CT molecular complexity index is 854. The van der Waals surface area contributed by atoms with Gasteiger partial charge in [0.2, 0.25) is 0 Å². The van der Waals surface area contributed by atoms with Gasteiger partial charge in [-0.15, -0.1) is 0 Å². The lowest BCUT2D eigenvalue weighted by atomic mass is 10.0. The Balaban J connectivity index is 1.97. The van der Waals surface area contributed by atoms with Crippen molar-refractivity contribution in [3.63, 3.8) is 0 Å². The molecule has 6 nitrogen and oxygen atoms in total. The first-order valence-corrected chi connectivity index (χ1v) is 10.4. The summed E-state index contributed by atoms with van der Waals surface area (Å²) in [5, 5.41) is 6.86. The molecule has 6 heteroatoms. The zero-order valence-electron chi connectivity index (χ0n) is 18.5. The molecule has 1 atom stereocenters. The Morgan fingerprint density at radius 3 is 2.13 bits per heavy atom. The molecular formula is C24H32N4O2. The SMILES string of the molecule is CCN(CC)c1ccc(/C=N/NC(=O)C(NC(=O)c2ccc(C)cc2)C(C)C)cc1. The lowest BCUT2D eigenvalue weighted by Crippen LogP contribution is -2.48. The second-order valence-electron chi connectivity index (χ2n) is 7.56. The molecule has 1 unspecified atom stereocenters. The van der Waals surface area contributed by atoms with E-state index in [2.05, 4.69) is 34.6 Å². The van der Waals surface area contributed by atoms with Crippen molar-refractivity contribution >= 4 is 23.7 Å². The van der Waals surface area contributed by atoms with Gasteiger partial charge in [0.25, 0.3) is 11.8 Å². The highest BCUT2D eigenvalue weighted by Crippen LogP contribution is 2.14. The van der Waals surface area contributed by atoms with Crippen LogP contribution in [0.3, 0.4) is 0 Å². The third-order valence-corrected chi connectivity index (χ3v) is 4.96. The van der Waals surface area contributed by atoms with Crippen LogP contribution in [0.1, 0.15) is 49.2 Å². The summed E-state index contributed by atoms with van der Waals surface area (Å²) in [6.07, 6.45) is 1.60. The zero-order chi connectivity index (χ0) is 22.1. The van der Waals surface area contributed by atoms with Gasteiger partial charge in [-0.3, -0.25) is 9.59 Å². The maximum absolute atomic E-state index is 12.6. The molecule has 2 aromatic rings. The summed E-state index contributed by atoms with van der Waals surface area (Å²) in [5.74, 6) is -0.704. The van der Waals surface area contributed by atoms with E-state index in [1.54, 1.807) is 18.3 Å². The van der Waals surface area contributed by atoms with E-state index in [1.807, 2.05) is 57.2 Å². The van der Waals surface area contributed by atoms with Crippen LogP contribution in [0.15, 0.2) is 53.6 Å². The van der Waals surface area contributed by atoms with Crippen LogP contribution < -0.4 is 15.6 Å². The van der Waals surface area contributed by atoms with Crippen molar-refractivity contribution in [1.82, 2.24) is 10.7 Å². The molecule has 0 radical (unpaired) electrons. The number of amides is 2. The van der Waals surface area contributed by atoms with Gasteiger partial charge in [-0.1, -0.05) is 43.7 Å². The highest BCUT2D eigenvalue weighted by molar-refractivity contribution is 5.97. The number of nitrogens with one attached hydrogen (secondary N) is 2. The van der Waals surface area contributed by atoms with Gasteiger partial charge in [0.05, 0.1) is 6.21 Å². The van der Waals surface area contributed by atoms with Crippen LogP contribution in [0.25, 0.3) is 0 Å². The van der Waals surface area contributed by atoms with Crippen LogP contribution in [-0.2, 0) is 4.79 Å². The topological polar surface area (TPSA) is 73.8 Å². The van der Waals surface area contributed by atoms with E-state index in [0.29, 0.717) is 5.56 Å². The third kappa shape index (κ3) is 6.44. The molecule has 2 aromatic carbocycles. The first-order valence-electron chi connectivity index (χ1n) is 10.4. The summed E-state index contributed by atoms with van der Waals surface area (Å²) in [7, 11) is 0. The van der Waals surface area contributed by atoms with E-state index in [4.69, 9.17) is 0 Å². The average molecular weight is 409 g/mol. The number of anilines is 1. The Labute approximate surface area is 179 Å². The lowest BCUT2D eigenvalue weighted by Gasteiger charge is -2.21. The van der Waals surface area contributed by atoms with E-state index in [0.717, 1.165) is 29.9 Å². The van der Waals surface area contributed by atoms with Crippen LogP contribution in [0.4, 0.5) is 5.69 Å². The fourth-order valence-electron chi connectivity index (χ4n) is 3.06. The highest BCUT2D eigenvalue weighted by Gasteiger charge is 2.24. The minimum atomic E-state index is -0.680. The average Bonchev–Trinajstić information content (AvgIpc) is 2.74. The van der Waals surface area contributed by atoms with Gasteiger partial charge in [-0.05, 0) is 56.5 Å². The molecular weight excluding hydrogens is 376 g/mol. The van der Waals surface area contributed by atoms with Crippen molar-refractivity contribution in [2.75, 3.05) is 18.0 Å². The van der Waals surface area contributed by atoms with Crippen molar-refractivity contribution < 1.29 is 9.59 Å². The molecule has 0 saturated heterocycles. The predicted octanol–water partition coefficient (Wildman–Crippen LogP) is 3.75. The van der Waals surface area contributed by atoms with Gasteiger partial charge < -0.3 is 10.2 Å². The van der Waals surface area contributed by atoms with Crippen LogP contribution in [0.5, 0.6) is 0 Å². The minimum Gasteiger partial charge on any atom is -0.372 e. The smallest absolute Gasteiger partial charge is 0.262 e. The number of hydrogen-bond acceptors (Lipinski definition) is 4. The largest absolute Gasteiger partial charge is 0.372 e. The fourth-order valence-corrected chi connectivity index (χ4v) is 3.06. The van der Waals surface area contributed by atoms with E-state index < -0.39 is 6.04 Å². The Morgan fingerprint density at radius 1 is 1.00 bits per heavy atom. The van der Waals surface area contributed by atoms with Crippen LogP contribution in [-0.4, -0.2) is 37.2 Å². The highest BCUT2D eigenvalue weighted by atomic mass is 16.2. The van der Waals surface area contributed by atoms with Crippen molar-refractivity contribution in [2.24, 2.45) is 11.0 Å². The van der Waals surface area contributed by atoms with E-state index in [1.165, 1.54) is 0 Å². The lowest BCUT2D eigenvalue weighted by molar-refractivity contribution is -0.123. The molecule has 2 rings (SSSR count). The number of hydrazone groups is 1. The predicted molar refractivity (Wildman–Crippen MR) is 123 cm³/mol. The van der Waals surface area contributed by atoms with Gasteiger partial charge in [0.1, 0.15) is 6.04 Å². The molecule has 0 aliphatic rings. The molecule has 2 N–H and O–H groups in total. The molecule has 0 aliphatic carbocycles. The summed E-state index contributed by atoms with van der Waals surface area (Å²) in [5.41, 5.74) is 6.18. The molecule has 0 aliphatic heterocycles. The van der Waals surface area contributed by atoms with Crippen molar-refractivity contribution in [3.05, 3.63) is 65.2 Å². The number of carbonyl (C=O) groups excluding carboxylic acids is 2. The number of rotatable bonds is 9. The van der Waals surface area contributed by atoms with E-state index in [9.17, 15) is 9.59 Å². The second-order valence-corrected chi connectivity index (χ2v) is 7.56. The molecule has 0 saturated carbocycles. The van der Waals surface area contributed by atoms with Crippen molar-refractivity contribution in [3.8, 4) is 0 Å². The first kappa shape index (κ1) is 23.1. The van der Waals surface area contributed by atoms with Gasteiger partial charge in [0, 0.05) is 24.3 Å². The van der Waals surface area contributed by atoms with Gasteiger partial charge in [-0.2, -0.15) is 5.10 Å². The van der Waals surface area contributed by atoms with Crippen LogP contribution in [0, 0.1) is 12.8 Å². The molecule has 0 heterocycles. The number of hydrogen-bond donors (Lipinski definition) is 2. The van der Waals surface area contributed by atoms with E-state index >= 15 is 0 Å². The summed E-state index contributed by atoms with van der Waals surface area (Å²) < 4.78 is 0. The molecule has 0 bridgehead atoms.